The van der Waals surface area contributed by atoms with Crippen LogP contribution in [-0.4, -0.2) is 46.4 Å². The smallest absolute Gasteiger partial charge is 0.255 e. The Hall–Kier alpha value is -3.04. The molecule has 1 aromatic carbocycles. The Balaban J connectivity index is 1.32. The first-order valence-corrected chi connectivity index (χ1v) is 11.2. The molecule has 8 nitrogen and oxygen atoms in total. The van der Waals surface area contributed by atoms with Gasteiger partial charge in [0, 0.05) is 50.2 Å². The second-order valence-electron chi connectivity index (χ2n) is 7.73. The van der Waals surface area contributed by atoms with Crippen molar-refractivity contribution in [3.8, 4) is 11.3 Å². The van der Waals surface area contributed by atoms with Gasteiger partial charge in [-0.2, -0.15) is 4.31 Å². The molecular weight excluding hydrogens is 402 g/mol. The fourth-order valence-corrected chi connectivity index (χ4v) is 5.66. The number of hydrogen-bond donors (Lipinski definition) is 1. The molecule has 1 aliphatic carbocycles. The number of anilines is 1. The van der Waals surface area contributed by atoms with E-state index in [4.69, 9.17) is 0 Å². The van der Waals surface area contributed by atoms with E-state index in [2.05, 4.69) is 15.3 Å². The summed E-state index contributed by atoms with van der Waals surface area (Å²) in [6.07, 6.45) is 3.32. The third-order valence-electron chi connectivity index (χ3n) is 5.95. The number of rotatable bonds is 5. The van der Waals surface area contributed by atoms with Crippen LogP contribution in [0.5, 0.6) is 0 Å². The summed E-state index contributed by atoms with van der Waals surface area (Å²) in [6, 6.07) is 13.7. The molecule has 2 aliphatic rings. The molecule has 5 rings (SSSR count). The third kappa shape index (κ3) is 3.20. The summed E-state index contributed by atoms with van der Waals surface area (Å²) in [5.74, 6) is 0.918. The molecule has 0 spiro atoms. The van der Waals surface area contributed by atoms with Gasteiger partial charge in [0.15, 0.2) is 0 Å². The number of pyridine rings is 1. The van der Waals surface area contributed by atoms with Crippen molar-refractivity contribution in [1.29, 1.82) is 0 Å². The van der Waals surface area contributed by atoms with Crippen LogP contribution in [0.15, 0.2) is 70.6 Å². The van der Waals surface area contributed by atoms with Gasteiger partial charge in [0.05, 0.1) is 10.6 Å². The number of nitrogens with zero attached hydrogens (tertiary/aromatic N) is 4. The van der Waals surface area contributed by atoms with Crippen LogP contribution in [0.1, 0.15) is 0 Å². The Labute approximate surface area is 174 Å². The minimum atomic E-state index is -3.47. The molecule has 1 saturated heterocycles. The first-order valence-electron chi connectivity index (χ1n) is 9.75. The van der Waals surface area contributed by atoms with E-state index >= 15 is 0 Å². The van der Waals surface area contributed by atoms with Crippen LogP contribution in [0.2, 0.25) is 0 Å². The molecule has 1 aliphatic heterocycles. The van der Waals surface area contributed by atoms with Crippen LogP contribution in [0.25, 0.3) is 11.3 Å². The highest BCUT2D eigenvalue weighted by atomic mass is 32.2. The highest BCUT2D eigenvalue weighted by Crippen LogP contribution is 2.48. The maximum Gasteiger partial charge on any atom is 0.255 e. The van der Waals surface area contributed by atoms with Gasteiger partial charge in [-0.25, -0.2) is 13.4 Å². The van der Waals surface area contributed by atoms with Gasteiger partial charge in [0.25, 0.3) is 5.56 Å². The Morgan fingerprint density at radius 1 is 1.03 bits per heavy atom. The van der Waals surface area contributed by atoms with Crippen molar-refractivity contribution < 1.29 is 8.42 Å². The van der Waals surface area contributed by atoms with E-state index in [1.807, 2.05) is 12.1 Å². The summed E-state index contributed by atoms with van der Waals surface area (Å²) in [5, 5.41) is 3.36. The van der Waals surface area contributed by atoms with E-state index < -0.39 is 10.0 Å². The molecule has 9 heteroatoms. The normalized spacial score (nSPS) is 23.2. The van der Waals surface area contributed by atoms with Gasteiger partial charge >= 0.3 is 0 Å². The van der Waals surface area contributed by atoms with Crippen LogP contribution in [0, 0.1) is 11.8 Å². The molecule has 2 unspecified atom stereocenters. The lowest BCUT2D eigenvalue weighted by Gasteiger charge is -2.20. The maximum atomic E-state index is 12.8. The topological polar surface area (TPSA) is 97.2 Å². The number of benzene rings is 1. The molecule has 0 amide bonds. The molecule has 3 aromatic rings. The predicted molar refractivity (Wildman–Crippen MR) is 112 cm³/mol. The largest absolute Gasteiger partial charge is 0.352 e. The van der Waals surface area contributed by atoms with Crippen molar-refractivity contribution in [2.75, 3.05) is 18.4 Å². The van der Waals surface area contributed by atoms with Gasteiger partial charge < -0.3 is 5.32 Å². The lowest BCUT2D eigenvalue weighted by Crippen LogP contribution is -2.34. The molecule has 2 fully saturated rings. The van der Waals surface area contributed by atoms with Crippen molar-refractivity contribution in [3.63, 3.8) is 0 Å². The molecule has 2 aromatic heterocycles. The number of nitrogens with one attached hydrogen (secondary N) is 1. The second-order valence-corrected chi connectivity index (χ2v) is 9.67. The fraction of sp³-hybridized carbons (Fsp3) is 0.286. The summed E-state index contributed by atoms with van der Waals surface area (Å²) >= 11 is 0. The van der Waals surface area contributed by atoms with E-state index in [9.17, 15) is 13.2 Å². The Morgan fingerprint density at radius 2 is 1.70 bits per heavy atom. The molecule has 0 radical (unpaired) electrons. The van der Waals surface area contributed by atoms with Gasteiger partial charge in [-0.15, -0.1) is 0 Å². The number of hydrogen-bond acceptors (Lipinski definition) is 6. The zero-order chi connectivity index (χ0) is 20.9. The lowest BCUT2D eigenvalue weighted by molar-refractivity contribution is 0.435. The summed E-state index contributed by atoms with van der Waals surface area (Å²) in [6.45, 7) is 0.940. The quantitative estimate of drug-likeness (QED) is 0.669. The average molecular weight is 423 g/mol. The summed E-state index contributed by atoms with van der Waals surface area (Å²) in [5.41, 5.74) is 1.25. The first kappa shape index (κ1) is 19.0. The number of sulfonamides is 1. The van der Waals surface area contributed by atoms with Crippen molar-refractivity contribution >= 4 is 16.0 Å². The van der Waals surface area contributed by atoms with E-state index in [1.165, 1.54) is 10.6 Å². The van der Waals surface area contributed by atoms with Crippen LogP contribution < -0.4 is 10.9 Å². The van der Waals surface area contributed by atoms with Crippen molar-refractivity contribution in [3.05, 3.63) is 71.3 Å². The van der Waals surface area contributed by atoms with E-state index in [1.54, 1.807) is 54.1 Å². The van der Waals surface area contributed by atoms with Crippen LogP contribution >= 0.6 is 0 Å². The summed E-state index contributed by atoms with van der Waals surface area (Å²) in [7, 11) is -1.79. The fourth-order valence-electron chi connectivity index (χ4n) is 4.13. The standard InChI is InChI=1S/C21H21N5O3S/c1-25-19(27)11-18(14-7-9-22-10-8-14)23-21(25)24-20-16-12-26(13-17(16)20)30(28,29)15-5-3-2-4-6-15/h2-11,16-17,20H,12-13H2,1H3,(H,23,24). The lowest BCUT2D eigenvalue weighted by atomic mass is 10.2. The van der Waals surface area contributed by atoms with Gasteiger partial charge in [-0.1, -0.05) is 18.2 Å². The van der Waals surface area contributed by atoms with Crippen LogP contribution in [0.4, 0.5) is 5.95 Å². The van der Waals surface area contributed by atoms with Gasteiger partial charge in [-0.3, -0.25) is 14.3 Å². The highest BCUT2D eigenvalue weighted by molar-refractivity contribution is 7.89. The van der Waals surface area contributed by atoms with Gasteiger partial charge in [0.1, 0.15) is 0 Å². The van der Waals surface area contributed by atoms with Gasteiger partial charge in [0.2, 0.25) is 16.0 Å². The molecule has 2 atom stereocenters. The zero-order valence-corrected chi connectivity index (χ0v) is 17.2. The predicted octanol–water partition coefficient (Wildman–Crippen LogP) is 1.57. The van der Waals surface area contributed by atoms with Crippen LogP contribution in [0.3, 0.4) is 0 Å². The molecule has 3 heterocycles. The first-order chi connectivity index (χ1) is 14.4. The number of piperidine rings is 1. The molecule has 1 saturated carbocycles. The molecule has 154 valence electrons. The monoisotopic (exact) mass is 423 g/mol. The molecule has 30 heavy (non-hydrogen) atoms. The Morgan fingerprint density at radius 3 is 2.37 bits per heavy atom. The van der Waals surface area contributed by atoms with Gasteiger partial charge in [-0.05, 0) is 36.1 Å². The SMILES string of the molecule is Cn1c(NC2C3CN(S(=O)(=O)c4ccccc4)CC32)nc(-c2ccncc2)cc1=O. The minimum Gasteiger partial charge on any atom is -0.352 e. The Bertz CT molecular complexity index is 1230. The highest BCUT2D eigenvalue weighted by Gasteiger charge is 2.58. The molecule has 1 N–H and O–H groups in total. The van der Waals surface area contributed by atoms with E-state index in [0.717, 1.165) is 5.56 Å². The third-order valence-corrected chi connectivity index (χ3v) is 7.79. The zero-order valence-electron chi connectivity index (χ0n) is 16.3. The summed E-state index contributed by atoms with van der Waals surface area (Å²) in [4.78, 5) is 21.3. The van der Waals surface area contributed by atoms with Crippen LogP contribution in [-0.2, 0) is 17.1 Å². The van der Waals surface area contributed by atoms with Crippen molar-refractivity contribution in [2.24, 2.45) is 18.9 Å². The number of fused-ring (bicyclic) bond motifs is 1. The summed E-state index contributed by atoms with van der Waals surface area (Å²) < 4.78 is 28.7. The average Bonchev–Trinajstić information content (AvgIpc) is 3.19. The van der Waals surface area contributed by atoms with E-state index in [0.29, 0.717) is 29.6 Å². The molecular formula is C21H21N5O3S. The Kier molecular flexibility index (Phi) is 4.44. The minimum absolute atomic E-state index is 0.109. The van der Waals surface area contributed by atoms with E-state index in [-0.39, 0.29) is 23.4 Å². The van der Waals surface area contributed by atoms with Crippen molar-refractivity contribution in [1.82, 2.24) is 18.8 Å². The second kappa shape index (κ2) is 7.03. The van der Waals surface area contributed by atoms with Crippen molar-refractivity contribution in [2.45, 2.75) is 10.9 Å². The maximum absolute atomic E-state index is 12.8. The molecule has 0 bridgehead atoms. The number of aromatic nitrogens is 3.